The number of hydrogen-bond donors (Lipinski definition) is 1. The first kappa shape index (κ1) is 23.5. The van der Waals surface area contributed by atoms with Crippen LogP contribution in [0.15, 0.2) is 67.0 Å². The van der Waals surface area contributed by atoms with Gasteiger partial charge in [-0.3, -0.25) is 14.3 Å². The molecule has 3 aromatic rings. The summed E-state index contributed by atoms with van der Waals surface area (Å²) in [6, 6.07) is 17.9. The lowest BCUT2D eigenvalue weighted by atomic mass is 9.87. The van der Waals surface area contributed by atoms with Crippen molar-refractivity contribution in [2.75, 3.05) is 26.0 Å². The van der Waals surface area contributed by atoms with E-state index in [-0.39, 0.29) is 35.6 Å². The molecule has 0 unspecified atom stereocenters. The number of nitrogens with zero attached hydrogens (tertiary/aromatic N) is 3. The average molecular weight is 461 g/mol. The van der Waals surface area contributed by atoms with E-state index in [0.717, 1.165) is 12.0 Å². The van der Waals surface area contributed by atoms with E-state index in [2.05, 4.69) is 48.5 Å². The number of ether oxygens (including phenoxy) is 1. The predicted octanol–water partition coefficient (Wildman–Crippen LogP) is 3.90. The monoisotopic (exact) mass is 460 g/mol. The number of methoxy groups -OCH3 is 1. The second-order valence-electron chi connectivity index (χ2n) is 9.72. The van der Waals surface area contributed by atoms with Crippen LogP contribution < -0.4 is 10.1 Å². The molecule has 1 fully saturated rings. The average Bonchev–Trinajstić information content (AvgIpc) is 3.12. The first-order chi connectivity index (χ1) is 16.2. The van der Waals surface area contributed by atoms with Crippen molar-refractivity contribution in [1.29, 1.82) is 0 Å². The van der Waals surface area contributed by atoms with E-state index in [1.165, 1.54) is 5.56 Å². The van der Waals surface area contributed by atoms with Crippen molar-refractivity contribution in [2.24, 2.45) is 5.41 Å². The van der Waals surface area contributed by atoms with Gasteiger partial charge in [0.25, 0.3) is 0 Å². The fourth-order valence-corrected chi connectivity index (χ4v) is 4.82. The first-order valence-electron chi connectivity index (χ1n) is 11.5. The molecule has 0 saturated heterocycles. The summed E-state index contributed by atoms with van der Waals surface area (Å²) in [5.41, 5.74) is 2.76. The quantitative estimate of drug-likeness (QED) is 0.526. The number of para-hydroxylation sites is 1. The number of rotatable bonds is 9. The Morgan fingerprint density at radius 3 is 2.47 bits per heavy atom. The van der Waals surface area contributed by atoms with Gasteiger partial charge in [-0.1, -0.05) is 62.4 Å². The van der Waals surface area contributed by atoms with Crippen molar-refractivity contribution in [3.63, 3.8) is 0 Å². The van der Waals surface area contributed by atoms with Crippen molar-refractivity contribution >= 4 is 17.5 Å². The third-order valence-electron chi connectivity index (χ3n) is 6.93. The van der Waals surface area contributed by atoms with E-state index in [1.54, 1.807) is 29.1 Å². The molecule has 1 aromatic heterocycles. The maximum absolute atomic E-state index is 13.0. The Kier molecular flexibility index (Phi) is 6.46. The first-order valence-corrected chi connectivity index (χ1v) is 11.5. The van der Waals surface area contributed by atoms with Crippen molar-refractivity contribution in [3.8, 4) is 5.75 Å². The molecule has 1 heterocycles. The maximum atomic E-state index is 13.0. The van der Waals surface area contributed by atoms with Crippen LogP contribution in [0.1, 0.15) is 31.4 Å². The zero-order chi connectivity index (χ0) is 24.3. The van der Waals surface area contributed by atoms with E-state index in [4.69, 9.17) is 4.74 Å². The van der Waals surface area contributed by atoms with Gasteiger partial charge in [0.05, 0.1) is 25.4 Å². The number of carbonyl (C=O) groups is 2. The number of amides is 2. The molecule has 1 atom stereocenters. The van der Waals surface area contributed by atoms with E-state index >= 15 is 0 Å². The molecule has 7 nitrogen and oxygen atoms in total. The van der Waals surface area contributed by atoms with Gasteiger partial charge >= 0.3 is 0 Å². The topological polar surface area (TPSA) is 76.5 Å². The molecule has 0 spiro atoms. The molecule has 0 bridgehead atoms. The number of hydrogen-bond acceptors (Lipinski definition) is 4. The van der Waals surface area contributed by atoms with Gasteiger partial charge in [0, 0.05) is 30.8 Å². The summed E-state index contributed by atoms with van der Waals surface area (Å²) < 4.78 is 6.87. The van der Waals surface area contributed by atoms with Crippen LogP contribution in [-0.4, -0.2) is 47.2 Å². The van der Waals surface area contributed by atoms with Crippen LogP contribution >= 0.6 is 0 Å². The largest absolute Gasteiger partial charge is 0.496 e. The fraction of sp³-hybridized carbons (Fsp3) is 0.370. The Balaban J connectivity index is 1.34. The Morgan fingerprint density at radius 2 is 1.79 bits per heavy atom. The van der Waals surface area contributed by atoms with E-state index in [9.17, 15) is 9.59 Å². The molecule has 178 valence electrons. The molecule has 0 aliphatic heterocycles. The maximum Gasteiger partial charge on any atom is 0.244 e. The normalized spacial score (nSPS) is 18.2. The van der Waals surface area contributed by atoms with Crippen molar-refractivity contribution in [3.05, 3.63) is 78.1 Å². The summed E-state index contributed by atoms with van der Waals surface area (Å²) in [6.45, 7) is 5.29. The Labute approximate surface area is 200 Å². The van der Waals surface area contributed by atoms with Crippen molar-refractivity contribution in [2.45, 2.75) is 38.6 Å². The molecule has 1 aliphatic rings. The second kappa shape index (κ2) is 9.33. The Hall–Kier alpha value is -3.61. The molecule has 1 aliphatic carbocycles. The smallest absolute Gasteiger partial charge is 0.244 e. The molecule has 1 N–H and O–H groups in total. The van der Waals surface area contributed by atoms with E-state index in [0.29, 0.717) is 18.0 Å². The highest BCUT2D eigenvalue weighted by Crippen LogP contribution is 2.64. The number of anilines is 1. The highest BCUT2D eigenvalue weighted by atomic mass is 16.5. The summed E-state index contributed by atoms with van der Waals surface area (Å²) >= 11 is 0. The SMILES string of the molecule is COc1ccccc1CC(=O)Nc1cnn(CC(=O)N(C)C[C@]2(c3ccccc3)CC2(C)C)c1. The van der Waals surface area contributed by atoms with Crippen LogP contribution in [0.3, 0.4) is 0 Å². The highest BCUT2D eigenvalue weighted by molar-refractivity contribution is 5.92. The van der Waals surface area contributed by atoms with Gasteiger partial charge in [-0.2, -0.15) is 5.10 Å². The van der Waals surface area contributed by atoms with Gasteiger partial charge in [-0.15, -0.1) is 0 Å². The fourth-order valence-electron chi connectivity index (χ4n) is 4.82. The number of benzene rings is 2. The molecular formula is C27H32N4O3. The van der Waals surface area contributed by atoms with Crippen LogP contribution in [0.5, 0.6) is 5.75 Å². The van der Waals surface area contributed by atoms with Crippen molar-refractivity contribution in [1.82, 2.24) is 14.7 Å². The minimum Gasteiger partial charge on any atom is -0.496 e. The zero-order valence-electron chi connectivity index (χ0n) is 20.2. The molecule has 0 radical (unpaired) electrons. The van der Waals surface area contributed by atoms with Crippen LogP contribution in [0.2, 0.25) is 0 Å². The van der Waals surface area contributed by atoms with Gasteiger partial charge in [-0.05, 0) is 23.5 Å². The molecule has 7 heteroatoms. The van der Waals surface area contributed by atoms with Gasteiger partial charge in [0.15, 0.2) is 0 Å². The molecule has 4 rings (SSSR count). The van der Waals surface area contributed by atoms with E-state index in [1.807, 2.05) is 37.4 Å². The van der Waals surface area contributed by atoms with Crippen LogP contribution in [-0.2, 0) is 28.0 Å². The lowest BCUT2D eigenvalue weighted by Crippen LogP contribution is -2.38. The van der Waals surface area contributed by atoms with Gasteiger partial charge in [-0.25, -0.2) is 0 Å². The summed E-state index contributed by atoms with van der Waals surface area (Å²) in [7, 11) is 3.43. The van der Waals surface area contributed by atoms with E-state index < -0.39 is 0 Å². The number of nitrogens with one attached hydrogen (secondary N) is 1. The van der Waals surface area contributed by atoms with Crippen LogP contribution in [0.25, 0.3) is 0 Å². The van der Waals surface area contributed by atoms with Crippen LogP contribution in [0.4, 0.5) is 5.69 Å². The number of likely N-dealkylation sites (N-methyl/N-ethyl adjacent to an activating group) is 1. The zero-order valence-corrected chi connectivity index (χ0v) is 20.2. The summed E-state index contributed by atoms with van der Waals surface area (Å²) in [5.74, 6) is 0.482. The van der Waals surface area contributed by atoms with Gasteiger partial charge in [0.1, 0.15) is 12.3 Å². The highest BCUT2D eigenvalue weighted by Gasteiger charge is 2.62. The number of carbonyl (C=O) groups excluding carboxylic acids is 2. The molecular weight excluding hydrogens is 428 g/mol. The molecule has 2 aromatic carbocycles. The van der Waals surface area contributed by atoms with Gasteiger partial charge < -0.3 is 15.0 Å². The Bertz CT molecular complexity index is 1170. The minimum atomic E-state index is -0.173. The summed E-state index contributed by atoms with van der Waals surface area (Å²) in [5, 5.41) is 7.10. The molecule has 34 heavy (non-hydrogen) atoms. The summed E-state index contributed by atoms with van der Waals surface area (Å²) in [6.07, 6.45) is 4.47. The lowest BCUT2D eigenvalue weighted by molar-refractivity contribution is -0.131. The van der Waals surface area contributed by atoms with Crippen LogP contribution in [0, 0.1) is 5.41 Å². The van der Waals surface area contributed by atoms with Crippen molar-refractivity contribution < 1.29 is 14.3 Å². The number of aromatic nitrogens is 2. The third kappa shape index (κ3) is 4.83. The third-order valence-corrected chi connectivity index (χ3v) is 6.93. The molecule has 2 amide bonds. The Morgan fingerprint density at radius 1 is 1.12 bits per heavy atom. The predicted molar refractivity (Wildman–Crippen MR) is 132 cm³/mol. The summed E-state index contributed by atoms with van der Waals surface area (Å²) in [4.78, 5) is 27.2. The molecule has 1 saturated carbocycles. The second-order valence-corrected chi connectivity index (χ2v) is 9.72. The minimum absolute atomic E-state index is 0.0204. The van der Waals surface area contributed by atoms with Gasteiger partial charge in [0.2, 0.25) is 11.8 Å². The lowest BCUT2D eigenvalue weighted by Gasteiger charge is -2.27. The standard InChI is InChI=1S/C27H32N4O3/c1-26(2)18-27(26,21-11-6-5-7-12-21)19-30(3)25(33)17-31-16-22(15-28-31)29-24(32)14-20-10-8-9-13-23(20)34-4/h5-13,15-16H,14,17-19H2,1-4H3,(H,29,32)/t27-/m0/s1.